The van der Waals surface area contributed by atoms with Crippen LogP contribution in [-0.4, -0.2) is 42.0 Å². The molecule has 0 spiro atoms. The molecule has 0 saturated heterocycles. The molecule has 0 saturated carbocycles. The van der Waals surface area contributed by atoms with Crippen LogP contribution in [0.2, 0.25) is 0 Å². The minimum Gasteiger partial charge on any atom is -0.392 e. The first kappa shape index (κ1) is 12.2. The largest absolute Gasteiger partial charge is 0.392 e. The van der Waals surface area contributed by atoms with Crippen molar-refractivity contribution < 1.29 is 14.4 Å². The molecule has 0 amide bonds. The van der Waals surface area contributed by atoms with Crippen molar-refractivity contribution in [2.45, 2.75) is 26.2 Å². The zero-order valence-corrected chi connectivity index (χ0v) is 9.43. The SMILES string of the molecule is COCc1cc(CN(C)CC(C)O)no1. The summed E-state index contributed by atoms with van der Waals surface area (Å²) in [7, 11) is 3.54. The second kappa shape index (κ2) is 5.85. The van der Waals surface area contributed by atoms with E-state index in [2.05, 4.69) is 5.16 Å². The molecule has 1 heterocycles. The molecule has 5 nitrogen and oxygen atoms in total. The summed E-state index contributed by atoms with van der Waals surface area (Å²) in [6.07, 6.45) is -0.333. The number of ether oxygens (including phenoxy) is 1. The van der Waals surface area contributed by atoms with Gasteiger partial charge in [-0.25, -0.2) is 0 Å². The van der Waals surface area contributed by atoms with E-state index < -0.39 is 0 Å². The van der Waals surface area contributed by atoms with E-state index in [9.17, 15) is 5.11 Å². The van der Waals surface area contributed by atoms with Crippen molar-refractivity contribution in [3.05, 3.63) is 17.5 Å². The van der Waals surface area contributed by atoms with Crippen molar-refractivity contribution in [2.75, 3.05) is 20.7 Å². The van der Waals surface area contributed by atoms with Crippen LogP contribution >= 0.6 is 0 Å². The van der Waals surface area contributed by atoms with E-state index in [-0.39, 0.29) is 6.10 Å². The minimum atomic E-state index is -0.333. The van der Waals surface area contributed by atoms with Gasteiger partial charge >= 0.3 is 0 Å². The highest BCUT2D eigenvalue weighted by atomic mass is 16.5. The number of hydrogen-bond donors (Lipinski definition) is 1. The summed E-state index contributed by atoms with van der Waals surface area (Å²) >= 11 is 0. The van der Waals surface area contributed by atoms with Gasteiger partial charge in [0.1, 0.15) is 6.61 Å². The number of nitrogens with zero attached hydrogens (tertiary/aromatic N) is 2. The van der Waals surface area contributed by atoms with Crippen molar-refractivity contribution in [1.29, 1.82) is 0 Å². The Morgan fingerprint density at radius 1 is 1.67 bits per heavy atom. The predicted octanol–water partition coefficient (Wildman–Crippen LogP) is 0.634. The van der Waals surface area contributed by atoms with E-state index in [1.54, 1.807) is 14.0 Å². The van der Waals surface area contributed by atoms with Crippen LogP contribution in [0.3, 0.4) is 0 Å². The van der Waals surface area contributed by atoms with Crippen LogP contribution in [-0.2, 0) is 17.9 Å². The van der Waals surface area contributed by atoms with Gasteiger partial charge in [-0.2, -0.15) is 0 Å². The first-order valence-electron chi connectivity index (χ1n) is 4.92. The smallest absolute Gasteiger partial charge is 0.162 e. The quantitative estimate of drug-likeness (QED) is 0.752. The molecule has 1 unspecified atom stereocenters. The zero-order valence-electron chi connectivity index (χ0n) is 9.43. The molecule has 1 aromatic rings. The van der Waals surface area contributed by atoms with Crippen molar-refractivity contribution in [2.24, 2.45) is 0 Å². The summed E-state index contributed by atoms with van der Waals surface area (Å²) in [4.78, 5) is 1.99. The second-order valence-electron chi connectivity index (χ2n) is 3.76. The third kappa shape index (κ3) is 4.42. The number of rotatable bonds is 6. The third-order valence-corrected chi connectivity index (χ3v) is 1.90. The molecule has 0 fully saturated rings. The van der Waals surface area contributed by atoms with Crippen molar-refractivity contribution in [3.63, 3.8) is 0 Å². The Labute approximate surface area is 89.6 Å². The van der Waals surface area contributed by atoms with E-state index in [1.807, 2.05) is 18.0 Å². The molecule has 5 heteroatoms. The molecule has 0 aromatic carbocycles. The van der Waals surface area contributed by atoms with Crippen LogP contribution in [0.25, 0.3) is 0 Å². The average Bonchev–Trinajstić information content (AvgIpc) is 2.51. The molecule has 15 heavy (non-hydrogen) atoms. The van der Waals surface area contributed by atoms with Gasteiger partial charge in [0, 0.05) is 26.3 Å². The van der Waals surface area contributed by atoms with Crippen LogP contribution in [0, 0.1) is 0 Å². The Morgan fingerprint density at radius 2 is 2.40 bits per heavy atom. The van der Waals surface area contributed by atoms with Crippen LogP contribution in [0.5, 0.6) is 0 Å². The molecule has 0 bridgehead atoms. The lowest BCUT2D eigenvalue weighted by Gasteiger charge is -2.16. The fourth-order valence-corrected chi connectivity index (χ4v) is 1.43. The van der Waals surface area contributed by atoms with E-state index in [4.69, 9.17) is 9.26 Å². The normalized spacial score (nSPS) is 13.4. The molecule has 0 radical (unpaired) electrons. The fourth-order valence-electron chi connectivity index (χ4n) is 1.43. The lowest BCUT2D eigenvalue weighted by Crippen LogP contribution is -2.26. The summed E-state index contributed by atoms with van der Waals surface area (Å²) < 4.78 is 9.97. The third-order valence-electron chi connectivity index (χ3n) is 1.90. The van der Waals surface area contributed by atoms with Gasteiger partial charge in [-0.1, -0.05) is 5.16 Å². The molecule has 1 atom stereocenters. The number of likely N-dealkylation sites (N-methyl/N-ethyl adjacent to an activating group) is 1. The number of aliphatic hydroxyl groups excluding tert-OH is 1. The van der Waals surface area contributed by atoms with E-state index in [1.165, 1.54) is 0 Å². The van der Waals surface area contributed by atoms with Gasteiger partial charge in [-0.15, -0.1) is 0 Å². The van der Waals surface area contributed by atoms with Crippen molar-refractivity contribution in [3.8, 4) is 0 Å². The maximum atomic E-state index is 9.18. The van der Waals surface area contributed by atoms with Gasteiger partial charge in [-0.05, 0) is 14.0 Å². The Kier molecular flexibility index (Phi) is 4.74. The van der Waals surface area contributed by atoms with Gasteiger partial charge in [0.05, 0.1) is 11.8 Å². The van der Waals surface area contributed by atoms with Gasteiger partial charge in [0.25, 0.3) is 0 Å². The highest BCUT2D eigenvalue weighted by molar-refractivity contribution is 5.04. The minimum absolute atomic E-state index is 0.333. The number of aliphatic hydroxyl groups is 1. The predicted molar refractivity (Wildman–Crippen MR) is 55.2 cm³/mol. The standard InChI is InChI=1S/C10H18N2O3/c1-8(13)5-12(2)6-9-4-10(7-14-3)15-11-9/h4,8,13H,5-7H2,1-3H3. The molecule has 1 aromatic heterocycles. The van der Waals surface area contributed by atoms with E-state index >= 15 is 0 Å². The number of aromatic nitrogens is 1. The van der Waals surface area contributed by atoms with Crippen LogP contribution in [0.4, 0.5) is 0 Å². The van der Waals surface area contributed by atoms with Crippen LogP contribution in [0.1, 0.15) is 18.4 Å². The van der Waals surface area contributed by atoms with Crippen LogP contribution < -0.4 is 0 Å². The van der Waals surface area contributed by atoms with Gasteiger partial charge in [0.2, 0.25) is 0 Å². The van der Waals surface area contributed by atoms with Crippen molar-refractivity contribution >= 4 is 0 Å². The zero-order chi connectivity index (χ0) is 11.3. The maximum absolute atomic E-state index is 9.18. The summed E-state index contributed by atoms with van der Waals surface area (Å²) in [6.45, 7) is 3.48. The first-order valence-corrected chi connectivity index (χ1v) is 4.92. The van der Waals surface area contributed by atoms with E-state index in [0.717, 1.165) is 11.5 Å². The summed E-state index contributed by atoms with van der Waals surface area (Å²) in [5, 5.41) is 13.1. The fraction of sp³-hybridized carbons (Fsp3) is 0.700. The van der Waals surface area contributed by atoms with Crippen molar-refractivity contribution in [1.82, 2.24) is 10.1 Å². The van der Waals surface area contributed by atoms with Crippen LogP contribution in [0.15, 0.2) is 10.6 Å². The van der Waals surface area contributed by atoms with E-state index in [0.29, 0.717) is 19.7 Å². The summed E-state index contributed by atoms with van der Waals surface area (Å²) in [6, 6.07) is 1.86. The molecule has 0 aliphatic heterocycles. The molecule has 1 rings (SSSR count). The Hall–Kier alpha value is -0.910. The topological polar surface area (TPSA) is 58.7 Å². The number of hydrogen-bond acceptors (Lipinski definition) is 5. The van der Waals surface area contributed by atoms with Gasteiger partial charge < -0.3 is 14.4 Å². The van der Waals surface area contributed by atoms with Gasteiger partial charge in [0.15, 0.2) is 5.76 Å². The molecule has 0 aliphatic rings. The lowest BCUT2D eigenvalue weighted by atomic mass is 10.3. The second-order valence-corrected chi connectivity index (χ2v) is 3.76. The summed E-state index contributed by atoms with van der Waals surface area (Å²) in [5.74, 6) is 0.720. The molecular weight excluding hydrogens is 196 g/mol. The Morgan fingerprint density at radius 3 is 3.00 bits per heavy atom. The number of methoxy groups -OCH3 is 1. The highest BCUT2D eigenvalue weighted by Gasteiger charge is 2.08. The Balaban J connectivity index is 2.42. The molecule has 0 aliphatic carbocycles. The monoisotopic (exact) mass is 214 g/mol. The highest BCUT2D eigenvalue weighted by Crippen LogP contribution is 2.07. The maximum Gasteiger partial charge on any atom is 0.162 e. The average molecular weight is 214 g/mol. The first-order chi connectivity index (χ1) is 7.11. The Bertz CT molecular complexity index is 286. The molecule has 86 valence electrons. The summed E-state index contributed by atoms with van der Waals surface area (Å²) in [5.41, 5.74) is 0.852. The molecule has 1 N–H and O–H groups in total. The van der Waals surface area contributed by atoms with Gasteiger partial charge in [-0.3, -0.25) is 4.90 Å². The lowest BCUT2D eigenvalue weighted by molar-refractivity contribution is 0.136. The molecular formula is C10H18N2O3.